The molecule has 8 heteroatoms. The molecule has 3 rings (SSSR count). The van der Waals surface area contributed by atoms with Gasteiger partial charge in [-0.2, -0.15) is 0 Å². The molecule has 7 nitrogen and oxygen atoms in total. The van der Waals surface area contributed by atoms with Crippen molar-refractivity contribution < 1.29 is 9.53 Å². The summed E-state index contributed by atoms with van der Waals surface area (Å²) in [5.41, 5.74) is -0.196. The van der Waals surface area contributed by atoms with Crippen molar-refractivity contribution in [2.24, 2.45) is 0 Å². The molecule has 0 aliphatic rings. The number of rotatable bonds is 5. The van der Waals surface area contributed by atoms with E-state index in [0.717, 1.165) is 11.4 Å². The van der Waals surface area contributed by atoms with Gasteiger partial charge in [-0.1, -0.05) is 24.3 Å². The molecule has 2 aromatic heterocycles. The zero-order valence-corrected chi connectivity index (χ0v) is 13.1. The summed E-state index contributed by atoms with van der Waals surface area (Å²) in [6.45, 7) is 1.80. The van der Waals surface area contributed by atoms with Crippen LogP contribution in [0.25, 0.3) is 10.8 Å². The molecule has 2 heterocycles. The second-order valence-corrected chi connectivity index (χ2v) is 5.78. The van der Waals surface area contributed by atoms with Crippen molar-refractivity contribution >= 4 is 33.1 Å². The summed E-state index contributed by atoms with van der Waals surface area (Å²) in [5, 5.41) is 12.9. The normalized spacial score (nSPS) is 10.7. The monoisotopic (exact) mass is 330 g/mol. The van der Waals surface area contributed by atoms with Gasteiger partial charge in [0.25, 0.3) is 11.5 Å². The fourth-order valence-electron chi connectivity index (χ4n) is 2.06. The Morgan fingerprint density at radius 3 is 2.96 bits per heavy atom. The molecule has 3 aromatic rings. The van der Waals surface area contributed by atoms with Gasteiger partial charge in [-0.25, -0.2) is 0 Å². The van der Waals surface area contributed by atoms with Crippen LogP contribution < -0.4 is 15.6 Å². The topological polar surface area (TPSA) is 97.0 Å². The van der Waals surface area contributed by atoms with Crippen LogP contribution >= 0.6 is 11.3 Å². The second kappa shape index (κ2) is 6.57. The number of carbonyl (C=O) groups excluding carboxylic acids is 1. The number of pyridine rings is 1. The fraction of sp³-hybridized carbons (Fsp3) is 0.200. The van der Waals surface area contributed by atoms with Gasteiger partial charge in [0.1, 0.15) is 10.8 Å². The number of aryl methyl sites for hydroxylation is 1. The van der Waals surface area contributed by atoms with Gasteiger partial charge in [0.15, 0.2) is 6.61 Å². The van der Waals surface area contributed by atoms with Crippen LogP contribution in [0.15, 0.2) is 35.3 Å². The molecular weight excluding hydrogens is 316 g/mol. The third-order valence-electron chi connectivity index (χ3n) is 3.15. The molecule has 1 aromatic carbocycles. The smallest absolute Gasteiger partial charge is 0.264 e. The Bertz CT molecular complexity index is 903. The van der Waals surface area contributed by atoms with Crippen LogP contribution in [0.2, 0.25) is 0 Å². The zero-order valence-electron chi connectivity index (χ0n) is 12.3. The number of hydrogen-bond acceptors (Lipinski definition) is 6. The standard InChI is InChI=1S/C15H14N4O3S/c1-2-13-18-19-15(23-13)17-12(20)8-22-11-5-3-4-10-9(11)6-7-16-14(10)21/h3-7H,2,8H2,1H3,(H,16,21)(H,17,19,20). The largest absolute Gasteiger partial charge is 0.483 e. The molecule has 0 saturated heterocycles. The lowest BCUT2D eigenvalue weighted by atomic mass is 10.1. The van der Waals surface area contributed by atoms with Crippen LogP contribution in [0.3, 0.4) is 0 Å². The number of hydrogen-bond donors (Lipinski definition) is 2. The SMILES string of the molecule is CCc1nnc(NC(=O)COc2cccc3c(=O)[nH]ccc23)s1. The molecule has 0 bridgehead atoms. The molecule has 0 saturated carbocycles. The molecule has 0 radical (unpaired) electrons. The summed E-state index contributed by atoms with van der Waals surface area (Å²) in [6.07, 6.45) is 2.32. The van der Waals surface area contributed by atoms with Gasteiger partial charge in [-0.3, -0.25) is 14.9 Å². The summed E-state index contributed by atoms with van der Waals surface area (Å²) >= 11 is 1.33. The van der Waals surface area contributed by atoms with Gasteiger partial charge < -0.3 is 9.72 Å². The first-order valence-corrected chi connectivity index (χ1v) is 7.84. The van der Waals surface area contributed by atoms with Crippen LogP contribution in [-0.4, -0.2) is 27.7 Å². The third kappa shape index (κ3) is 3.37. The highest BCUT2D eigenvalue weighted by Crippen LogP contribution is 2.22. The Balaban J connectivity index is 1.69. The number of benzene rings is 1. The maximum atomic E-state index is 11.9. The lowest BCUT2D eigenvalue weighted by Gasteiger charge is -2.08. The molecule has 1 amide bonds. The number of aromatic amines is 1. The average Bonchev–Trinajstić information content (AvgIpc) is 3.01. The van der Waals surface area contributed by atoms with E-state index < -0.39 is 0 Å². The molecule has 0 aliphatic heterocycles. The Kier molecular flexibility index (Phi) is 4.33. The highest BCUT2D eigenvalue weighted by molar-refractivity contribution is 7.15. The molecule has 0 aliphatic carbocycles. The van der Waals surface area contributed by atoms with E-state index in [1.165, 1.54) is 11.3 Å². The highest BCUT2D eigenvalue weighted by atomic mass is 32.1. The fourth-order valence-corrected chi connectivity index (χ4v) is 2.76. The lowest BCUT2D eigenvalue weighted by Crippen LogP contribution is -2.20. The molecule has 2 N–H and O–H groups in total. The first kappa shape index (κ1) is 15.2. The van der Waals surface area contributed by atoms with Crippen molar-refractivity contribution in [2.75, 3.05) is 11.9 Å². The van der Waals surface area contributed by atoms with Crippen molar-refractivity contribution in [2.45, 2.75) is 13.3 Å². The van der Waals surface area contributed by atoms with Gasteiger partial charge in [-0.05, 0) is 24.6 Å². The van der Waals surface area contributed by atoms with Crippen molar-refractivity contribution in [3.63, 3.8) is 0 Å². The highest BCUT2D eigenvalue weighted by Gasteiger charge is 2.10. The number of amides is 1. The molecule has 118 valence electrons. The number of nitrogens with zero attached hydrogens (tertiary/aromatic N) is 2. The predicted molar refractivity (Wildman–Crippen MR) is 88.0 cm³/mol. The van der Waals surface area contributed by atoms with Gasteiger partial charge in [-0.15, -0.1) is 10.2 Å². The van der Waals surface area contributed by atoms with Gasteiger partial charge in [0.05, 0.1) is 5.39 Å². The number of ether oxygens (including phenoxy) is 1. The van der Waals surface area contributed by atoms with E-state index in [1.54, 1.807) is 30.5 Å². The Morgan fingerprint density at radius 2 is 2.17 bits per heavy atom. The van der Waals surface area contributed by atoms with Crippen LogP contribution in [0.5, 0.6) is 5.75 Å². The van der Waals surface area contributed by atoms with Crippen LogP contribution in [0.4, 0.5) is 5.13 Å². The first-order valence-electron chi connectivity index (χ1n) is 7.03. The number of carbonyl (C=O) groups is 1. The van der Waals surface area contributed by atoms with E-state index in [4.69, 9.17) is 4.74 Å². The zero-order chi connectivity index (χ0) is 16.2. The average molecular weight is 330 g/mol. The van der Waals surface area contributed by atoms with Crippen molar-refractivity contribution in [1.82, 2.24) is 15.2 Å². The minimum absolute atomic E-state index is 0.174. The summed E-state index contributed by atoms with van der Waals surface area (Å²) in [7, 11) is 0. The minimum atomic E-state index is -0.328. The Morgan fingerprint density at radius 1 is 1.30 bits per heavy atom. The summed E-state index contributed by atoms with van der Waals surface area (Å²) in [6, 6.07) is 6.87. The molecule has 0 fully saturated rings. The van der Waals surface area contributed by atoms with E-state index >= 15 is 0 Å². The molecule has 0 spiro atoms. The van der Waals surface area contributed by atoms with Crippen molar-refractivity contribution in [3.05, 3.63) is 45.8 Å². The van der Waals surface area contributed by atoms with Gasteiger partial charge in [0.2, 0.25) is 5.13 Å². The quantitative estimate of drug-likeness (QED) is 0.745. The maximum absolute atomic E-state index is 11.9. The Hall–Kier alpha value is -2.74. The number of fused-ring (bicyclic) bond motifs is 1. The molecule has 23 heavy (non-hydrogen) atoms. The summed E-state index contributed by atoms with van der Waals surface area (Å²) in [4.78, 5) is 26.3. The second-order valence-electron chi connectivity index (χ2n) is 4.72. The third-order valence-corrected chi connectivity index (χ3v) is 4.13. The predicted octanol–water partition coefficient (Wildman–Crippen LogP) is 1.96. The van der Waals surface area contributed by atoms with Gasteiger partial charge in [0, 0.05) is 11.6 Å². The van der Waals surface area contributed by atoms with Crippen LogP contribution in [-0.2, 0) is 11.2 Å². The number of anilines is 1. The summed E-state index contributed by atoms with van der Waals surface area (Å²) < 4.78 is 5.53. The van der Waals surface area contributed by atoms with Crippen LogP contribution in [0, 0.1) is 0 Å². The maximum Gasteiger partial charge on any atom is 0.264 e. The van der Waals surface area contributed by atoms with Crippen LogP contribution in [0.1, 0.15) is 11.9 Å². The van der Waals surface area contributed by atoms with Gasteiger partial charge >= 0.3 is 0 Å². The minimum Gasteiger partial charge on any atom is -0.483 e. The Labute approximate surface area is 135 Å². The van der Waals surface area contributed by atoms with E-state index in [2.05, 4.69) is 20.5 Å². The first-order chi connectivity index (χ1) is 11.2. The van der Waals surface area contributed by atoms with E-state index in [9.17, 15) is 9.59 Å². The molecule has 0 atom stereocenters. The number of H-pyrrole nitrogens is 1. The van der Waals surface area contributed by atoms with E-state index in [0.29, 0.717) is 21.7 Å². The van der Waals surface area contributed by atoms with E-state index in [-0.39, 0.29) is 18.1 Å². The van der Waals surface area contributed by atoms with Crippen molar-refractivity contribution in [1.29, 1.82) is 0 Å². The van der Waals surface area contributed by atoms with E-state index in [1.807, 2.05) is 6.92 Å². The number of nitrogens with one attached hydrogen (secondary N) is 2. The lowest BCUT2D eigenvalue weighted by molar-refractivity contribution is -0.118. The molecular formula is C15H14N4O3S. The summed E-state index contributed by atoms with van der Waals surface area (Å²) in [5.74, 6) is 0.154. The van der Waals surface area contributed by atoms with Crippen molar-refractivity contribution in [3.8, 4) is 5.75 Å². The number of aromatic nitrogens is 3. The molecule has 0 unspecified atom stereocenters.